The zero-order valence-electron chi connectivity index (χ0n) is 14.6. The van der Waals surface area contributed by atoms with Gasteiger partial charge in [-0.25, -0.2) is 9.80 Å². The Hall–Kier alpha value is -1.98. The van der Waals surface area contributed by atoms with Crippen molar-refractivity contribution in [2.24, 2.45) is 0 Å². The summed E-state index contributed by atoms with van der Waals surface area (Å²) in [5.41, 5.74) is 1.38. The van der Waals surface area contributed by atoms with E-state index in [1.807, 2.05) is 29.2 Å². The minimum absolute atomic E-state index is 0. The van der Waals surface area contributed by atoms with Crippen molar-refractivity contribution in [3.05, 3.63) is 60.4 Å². The van der Waals surface area contributed by atoms with Gasteiger partial charge in [0.2, 0.25) is 0 Å². The Morgan fingerprint density at radius 2 is 1.76 bits per heavy atom. The van der Waals surface area contributed by atoms with E-state index in [-0.39, 0.29) is 24.5 Å². The van der Waals surface area contributed by atoms with Gasteiger partial charge in [0.05, 0.1) is 13.2 Å². The Morgan fingerprint density at radius 3 is 2.36 bits per heavy atom. The van der Waals surface area contributed by atoms with Crippen LogP contribution in [0.2, 0.25) is 0 Å². The summed E-state index contributed by atoms with van der Waals surface area (Å²) in [6.07, 6.45) is 6.47. The van der Waals surface area contributed by atoms with E-state index in [9.17, 15) is 4.79 Å². The summed E-state index contributed by atoms with van der Waals surface area (Å²) in [5.74, 6) is 0. The number of rotatable bonds is 5. The minimum atomic E-state index is -0.297. The topological polar surface area (TPSA) is 37.7 Å². The Bertz CT molecular complexity index is 625. The van der Waals surface area contributed by atoms with E-state index in [1.54, 1.807) is 5.01 Å². The minimum Gasteiger partial charge on any atom is -0.452 e. The van der Waals surface area contributed by atoms with E-state index in [1.165, 1.54) is 12.7 Å². The third kappa shape index (κ3) is 5.00. The molecule has 1 aliphatic rings. The Kier molecular flexibility index (Phi) is 7.34. The number of aromatic nitrogens is 1. The molecule has 25 heavy (non-hydrogen) atoms. The summed E-state index contributed by atoms with van der Waals surface area (Å²) < 4.78 is 6.80. The molecule has 0 atom stereocenters. The molecule has 1 aliphatic heterocycles. The van der Waals surface area contributed by atoms with Gasteiger partial charge >= 0.3 is 6.09 Å². The predicted octanol–water partition coefficient (Wildman–Crippen LogP) is 3.32. The quantitative estimate of drug-likeness (QED) is 0.817. The standard InChI is InChI=1S/C19H25N3O2.ClH/c1-24-19(23)22(21-12-5-6-13-21)18-10-15-20(16-11-18)14-9-17-7-3-2-4-8-17;/h2-8,12-13,18H,9-11,14-16H2,1H3;1H. The van der Waals surface area contributed by atoms with Crippen molar-refractivity contribution < 1.29 is 9.53 Å². The van der Waals surface area contributed by atoms with Crippen molar-refractivity contribution in [3.63, 3.8) is 0 Å². The highest BCUT2D eigenvalue weighted by molar-refractivity contribution is 5.85. The third-order valence-corrected chi connectivity index (χ3v) is 4.66. The maximum Gasteiger partial charge on any atom is 0.429 e. The van der Waals surface area contributed by atoms with E-state index in [0.29, 0.717) is 0 Å². The summed E-state index contributed by atoms with van der Waals surface area (Å²) in [6.45, 7) is 3.08. The number of hydrogen-bond donors (Lipinski definition) is 0. The van der Waals surface area contributed by atoms with Crippen LogP contribution in [0.3, 0.4) is 0 Å². The van der Waals surface area contributed by atoms with Crippen LogP contribution in [-0.4, -0.2) is 48.5 Å². The lowest BCUT2D eigenvalue weighted by molar-refractivity contribution is 0.153. The molecule has 0 bridgehead atoms. The molecule has 1 fully saturated rings. The molecule has 0 spiro atoms. The monoisotopic (exact) mass is 363 g/mol. The molecule has 5 nitrogen and oxygen atoms in total. The first-order valence-corrected chi connectivity index (χ1v) is 8.54. The van der Waals surface area contributed by atoms with Crippen molar-refractivity contribution >= 4 is 18.5 Å². The number of benzene rings is 1. The highest BCUT2D eigenvalue weighted by Gasteiger charge is 2.29. The number of amides is 1. The van der Waals surface area contributed by atoms with Crippen molar-refractivity contribution in [1.82, 2.24) is 9.58 Å². The highest BCUT2D eigenvalue weighted by atomic mass is 35.5. The second-order valence-corrected chi connectivity index (χ2v) is 6.19. The predicted molar refractivity (Wildman–Crippen MR) is 102 cm³/mol. The maximum atomic E-state index is 12.2. The van der Waals surface area contributed by atoms with E-state index in [0.717, 1.165) is 38.9 Å². The van der Waals surface area contributed by atoms with Crippen LogP contribution in [0.4, 0.5) is 4.79 Å². The van der Waals surface area contributed by atoms with Crippen LogP contribution < -0.4 is 5.01 Å². The Morgan fingerprint density at radius 1 is 1.12 bits per heavy atom. The highest BCUT2D eigenvalue weighted by Crippen LogP contribution is 2.17. The van der Waals surface area contributed by atoms with Gasteiger partial charge in [0.25, 0.3) is 0 Å². The van der Waals surface area contributed by atoms with Gasteiger partial charge in [-0.05, 0) is 37.0 Å². The van der Waals surface area contributed by atoms with Crippen molar-refractivity contribution in [1.29, 1.82) is 0 Å². The molecule has 6 heteroatoms. The molecule has 1 saturated heterocycles. The first-order valence-electron chi connectivity index (χ1n) is 8.54. The van der Waals surface area contributed by atoms with Gasteiger partial charge in [-0.1, -0.05) is 30.3 Å². The fraction of sp³-hybridized carbons (Fsp3) is 0.421. The van der Waals surface area contributed by atoms with E-state index < -0.39 is 0 Å². The zero-order chi connectivity index (χ0) is 16.8. The van der Waals surface area contributed by atoms with Crippen LogP contribution in [0.5, 0.6) is 0 Å². The Balaban J connectivity index is 0.00000225. The molecule has 3 rings (SSSR count). The largest absolute Gasteiger partial charge is 0.452 e. The van der Waals surface area contributed by atoms with E-state index in [4.69, 9.17) is 4.74 Å². The number of methoxy groups -OCH3 is 1. The van der Waals surface area contributed by atoms with E-state index >= 15 is 0 Å². The van der Waals surface area contributed by atoms with Gasteiger partial charge < -0.3 is 9.64 Å². The van der Waals surface area contributed by atoms with Crippen molar-refractivity contribution in [2.45, 2.75) is 25.3 Å². The van der Waals surface area contributed by atoms with Crippen molar-refractivity contribution in [3.8, 4) is 0 Å². The van der Waals surface area contributed by atoms with Crippen LogP contribution in [0.1, 0.15) is 18.4 Å². The summed E-state index contributed by atoms with van der Waals surface area (Å²) in [6, 6.07) is 14.6. The molecule has 136 valence electrons. The van der Waals surface area contributed by atoms with Crippen LogP contribution >= 0.6 is 12.4 Å². The van der Waals surface area contributed by atoms with Gasteiger partial charge in [-0.2, -0.15) is 0 Å². The molecule has 0 N–H and O–H groups in total. The average molecular weight is 364 g/mol. The van der Waals surface area contributed by atoms with Crippen LogP contribution in [0.25, 0.3) is 0 Å². The number of piperidine rings is 1. The molecule has 0 saturated carbocycles. The number of halogens is 1. The maximum absolute atomic E-state index is 12.2. The lowest BCUT2D eigenvalue weighted by atomic mass is 10.0. The molecular weight excluding hydrogens is 338 g/mol. The normalized spacial score (nSPS) is 15.4. The first-order chi connectivity index (χ1) is 11.8. The molecule has 2 heterocycles. The smallest absolute Gasteiger partial charge is 0.429 e. The van der Waals surface area contributed by atoms with E-state index in [2.05, 4.69) is 35.2 Å². The third-order valence-electron chi connectivity index (χ3n) is 4.66. The second-order valence-electron chi connectivity index (χ2n) is 6.19. The van der Waals surface area contributed by atoms with Crippen LogP contribution in [0, 0.1) is 0 Å². The average Bonchev–Trinajstić information content (AvgIpc) is 3.16. The lowest BCUT2D eigenvalue weighted by Gasteiger charge is -2.37. The number of ether oxygens (including phenoxy) is 1. The summed E-state index contributed by atoms with van der Waals surface area (Å²) in [7, 11) is 1.44. The van der Waals surface area contributed by atoms with Gasteiger partial charge in [-0.3, -0.25) is 4.68 Å². The van der Waals surface area contributed by atoms with Crippen LogP contribution in [0.15, 0.2) is 54.9 Å². The molecule has 0 unspecified atom stereocenters. The molecule has 1 amide bonds. The van der Waals surface area contributed by atoms with Gasteiger partial charge in [0, 0.05) is 32.0 Å². The van der Waals surface area contributed by atoms with Gasteiger partial charge in [-0.15, -0.1) is 12.4 Å². The second kappa shape index (κ2) is 9.49. The SMILES string of the molecule is COC(=O)N(C1CCN(CCc2ccccc2)CC1)n1cccc1.Cl. The molecule has 1 aromatic carbocycles. The first kappa shape index (κ1) is 19.3. The number of carbonyl (C=O) groups excluding carboxylic acids is 1. The molecule has 2 aromatic rings. The summed E-state index contributed by atoms with van der Waals surface area (Å²) in [4.78, 5) is 14.7. The zero-order valence-corrected chi connectivity index (χ0v) is 15.4. The molecular formula is C19H26ClN3O2. The Labute approximate surface area is 155 Å². The molecule has 1 aromatic heterocycles. The van der Waals surface area contributed by atoms with Gasteiger partial charge in [0.1, 0.15) is 0 Å². The van der Waals surface area contributed by atoms with Crippen molar-refractivity contribution in [2.75, 3.05) is 31.8 Å². The van der Waals surface area contributed by atoms with Gasteiger partial charge in [0.15, 0.2) is 0 Å². The fourth-order valence-electron chi connectivity index (χ4n) is 3.31. The number of likely N-dealkylation sites (tertiary alicyclic amines) is 1. The summed E-state index contributed by atoms with van der Waals surface area (Å²) in [5, 5.41) is 1.73. The number of nitrogens with zero attached hydrogens (tertiary/aromatic N) is 3. The fourth-order valence-corrected chi connectivity index (χ4v) is 3.31. The molecule has 0 aliphatic carbocycles. The summed E-state index contributed by atoms with van der Waals surface area (Å²) >= 11 is 0. The number of carbonyl (C=O) groups is 1. The number of hydrogen-bond acceptors (Lipinski definition) is 3. The van der Waals surface area contributed by atoms with Crippen LogP contribution in [-0.2, 0) is 11.2 Å². The lowest BCUT2D eigenvalue weighted by Crippen LogP contribution is -2.52. The molecule has 0 radical (unpaired) electrons.